The van der Waals surface area contributed by atoms with Crippen LogP contribution < -0.4 is 4.90 Å². The van der Waals surface area contributed by atoms with Crippen molar-refractivity contribution in [3.63, 3.8) is 0 Å². The van der Waals surface area contributed by atoms with Gasteiger partial charge in [-0.2, -0.15) is 0 Å². The Morgan fingerprint density at radius 2 is 2.06 bits per heavy atom. The minimum absolute atomic E-state index is 0.197. The molecule has 1 aromatic carbocycles. The van der Waals surface area contributed by atoms with Gasteiger partial charge in [0.2, 0.25) is 0 Å². The molecule has 2 nitrogen and oxygen atoms in total. The molecular weight excluding hydrogens is 198 g/mol. The van der Waals surface area contributed by atoms with Crippen LogP contribution in [-0.4, -0.2) is 24.8 Å². The first-order valence-corrected chi connectivity index (χ1v) is 6.01. The molecule has 1 aromatic rings. The second kappa shape index (κ2) is 4.10. The van der Waals surface area contributed by atoms with Gasteiger partial charge in [0.05, 0.1) is 6.61 Å². The maximum atomic E-state index is 9.04. The summed E-state index contributed by atoms with van der Waals surface area (Å²) >= 11 is 0. The minimum atomic E-state index is 0.197. The molecule has 2 rings (SSSR count). The second-order valence-electron chi connectivity index (χ2n) is 5.55. The fourth-order valence-electron chi connectivity index (χ4n) is 2.26. The molecule has 0 radical (unpaired) electrons. The second-order valence-corrected chi connectivity index (χ2v) is 5.55. The van der Waals surface area contributed by atoms with Crippen LogP contribution in [-0.2, 0) is 11.8 Å². The summed E-state index contributed by atoms with van der Waals surface area (Å²) in [5, 5.41) is 9.04. The van der Waals surface area contributed by atoms with Crippen molar-refractivity contribution >= 4 is 5.69 Å². The number of nitrogens with zero attached hydrogens (tertiary/aromatic N) is 1. The Labute approximate surface area is 97.9 Å². The van der Waals surface area contributed by atoms with E-state index in [1.807, 2.05) is 0 Å². The Kier molecular flexibility index (Phi) is 2.94. The molecule has 0 fully saturated rings. The fraction of sp³-hybridized carbons (Fsp3) is 0.571. The van der Waals surface area contributed by atoms with E-state index in [0.29, 0.717) is 0 Å². The number of hydrogen-bond donors (Lipinski definition) is 1. The van der Waals surface area contributed by atoms with Gasteiger partial charge in [-0.25, -0.2) is 0 Å². The van der Waals surface area contributed by atoms with Crippen LogP contribution in [0.25, 0.3) is 0 Å². The zero-order valence-electron chi connectivity index (χ0n) is 10.5. The van der Waals surface area contributed by atoms with Gasteiger partial charge >= 0.3 is 0 Å². The third-order valence-electron chi connectivity index (χ3n) is 3.31. The van der Waals surface area contributed by atoms with Gasteiger partial charge < -0.3 is 10.0 Å². The van der Waals surface area contributed by atoms with E-state index in [9.17, 15) is 0 Å². The molecule has 2 heteroatoms. The molecule has 88 valence electrons. The van der Waals surface area contributed by atoms with Crippen molar-refractivity contribution < 1.29 is 5.11 Å². The predicted molar refractivity (Wildman–Crippen MR) is 68.1 cm³/mol. The lowest BCUT2D eigenvalue weighted by molar-refractivity contribution is 0.303. The Balaban J connectivity index is 2.34. The van der Waals surface area contributed by atoms with Gasteiger partial charge in [0, 0.05) is 18.8 Å². The zero-order valence-corrected chi connectivity index (χ0v) is 10.5. The first-order valence-electron chi connectivity index (χ1n) is 6.01. The summed E-state index contributed by atoms with van der Waals surface area (Å²) in [6.45, 7) is 8.74. The molecule has 0 bridgehead atoms. The van der Waals surface area contributed by atoms with Gasteiger partial charge in [0.25, 0.3) is 0 Å². The number of rotatable bonds is 2. The third-order valence-corrected chi connectivity index (χ3v) is 3.31. The smallest absolute Gasteiger partial charge is 0.0606 e. The largest absolute Gasteiger partial charge is 0.395 e. The van der Waals surface area contributed by atoms with E-state index in [2.05, 4.69) is 43.9 Å². The number of hydrogen-bond acceptors (Lipinski definition) is 2. The van der Waals surface area contributed by atoms with Crippen LogP contribution >= 0.6 is 0 Å². The first kappa shape index (κ1) is 11.5. The molecule has 0 saturated carbocycles. The first-order chi connectivity index (χ1) is 7.52. The van der Waals surface area contributed by atoms with Crippen molar-refractivity contribution in [2.45, 2.75) is 32.6 Å². The Bertz CT molecular complexity index is 377. The summed E-state index contributed by atoms with van der Waals surface area (Å²) in [5.41, 5.74) is 4.31. The number of aliphatic hydroxyl groups excluding tert-OH is 1. The normalized spacial score (nSPS) is 15.4. The van der Waals surface area contributed by atoms with Crippen molar-refractivity contribution in [1.82, 2.24) is 0 Å². The van der Waals surface area contributed by atoms with Crippen molar-refractivity contribution in [1.29, 1.82) is 0 Å². The molecular formula is C14H21NO. The molecule has 0 saturated heterocycles. The summed E-state index contributed by atoms with van der Waals surface area (Å²) in [4.78, 5) is 2.28. The van der Waals surface area contributed by atoms with E-state index in [-0.39, 0.29) is 12.0 Å². The van der Waals surface area contributed by atoms with Crippen LogP contribution in [0.4, 0.5) is 5.69 Å². The standard InChI is InChI=1S/C14H21NO/c1-14(2,3)12-5-4-11-6-7-15(8-9-16)13(11)10-12/h4-5,10,16H,6-9H2,1-3H3. The van der Waals surface area contributed by atoms with E-state index in [4.69, 9.17) is 5.11 Å². The van der Waals surface area contributed by atoms with Crippen LogP contribution in [0, 0.1) is 0 Å². The van der Waals surface area contributed by atoms with E-state index >= 15 is 0 Å². The highest BCUT2D eigenvalue weighted by molar-refractivity contribution is 5.60. The number of anilines is 1. The fourth-order valence-corrected chi connectivity index (χ4v) is 2.26. The molecule has 0 amide bonds. The molecule has 0 aliphatic carbocycles. The summed E-state index contributed by atoms with van der Waals surface area (Å²) < 4.78 is 0. The average Bonchev–Trinajstić information content (AvgIpc) is 2.60. The van der Waals surface area contributed by atoms with Crippen LogP contribution in [0.2, 0.25) is 0 Å². The third kappa shape index (κ3) is 2.07. The minimum Gasteiger partial charge on any atom is -0.395 e. The van der Waals surface area contributed by atoms with Crippen molar-refractivity contribution in [3.8, 4) is 0 Å². The zero-order chi connectivity index (χ0) is 11.8. The van der Waals surface area contributed by atoms with Gasteiger partial charge in [-0.3, -0.25) is 0 Å². The Morgan fingerprint density at radius 3 is 2.69 bits per heavy atom. The van der Waals surface area contributed by atoms with Gasteiger partial charge in [-0.05, 0) is 29.0 Å². The number of β-amino-alcohol motifs (C(OH)–C–C–N with tert-alkyl or cyclic N) is 1. The molecule has 0 unspecified atom stereocenters. The van der Waals surface area contributed by atoms with Gasteiger partial charge in [0.15, 0.2) is 0 Å². The number of benzene rings is 1. The molecule has 0 spiro atoms. The van der Waals surface area contributed by atoms with Crippen LogP contribution in [0.5, 0.6) is 0 Å². The van der Waals surface area contributed by atoms with Crippen LogP contribution in [0.1, 0.15) is 31.9 Å². The molecule has 1 aliphatic rings. The monoisotopic (exact) mass is 219 g/mol. The Hall–Kier alpha value is -1.02. The summed E-state index contributed by atoms with van der Waals surface area (Å²) in [6, 6.07) is 6.77. The maximum Gasteiger partial charge on any atom is 0.0606 e. The van der Waals surface area contributed by atoms with Crippen LogP contribution in [0.15, 0.2) is 18.2 Å². The summed E-state index contributed by atoms with van der Waals surface area (Å²) in [5.74, 6) is 0. The van der Waals surface area contributed by atoms with Crippen molar-refractivity contribution in [2.24, 2.45) is 0 Å². The van der Waals surface area contributed by atoms with E-state index in [0.717, 1.165) is 19.5 Å². The van der Waals surface area contributed by atoms with E-state index in [1.165, 1.54) is 16.8 Å². The Morgan fingerprint density at radius 1 is 1.31 bits per heavy atom. The highest BCUT2D eigenvalue weighted by atomic mass is 16.3. The van der Waals surface area contributed by atoms with Gasteiger partial charge in [-0.15, -0.1) is 0 Å². The molecule has 1 heterocycles. The topological polar surface area (TPSA) is 23.5 Å². The SMILES string of the molecule is CC(C)(C)c1ccc2c(c1)N(CCO)CC2. The lowest BCUT2D eigenvalue weighted by Gasteiger charge is -2.23. The lowest BCUT2D eigenvalue weighted by Crippen LogP contribution is -2.24. The van der Waals surface area contributed by atoms with Gasteiger partial charge in [0.1, 0.15) is 0 Å². The van der Waals surface area contributed by atoms with Crippen molar-refractivity contribution in [2.75, 3.05) is 24.6 Å². The number of aliphatic hydroxyl groups is 1. The average molecular weight is 219 g/mol. The maximum absolute atomic E-state index is 9.04. The molecule has 1 aliphatic heterocycles. The molecule has 16 heavy (non-hydrogen) atoms. The highest BCUT2D eigenvalue weighted by Crippen LogP contribution is 2.32. The van der Waals surface area contributed by atoms with Gasteiger partial charge in [-0.1, -0.05) is 32.9 Å². The molecule has 0 atom stereocenters. The predicted octanol–water partition coefficient (Wildman–Crippen LogP) is 2.34. The lowest BCUT2D eigenvalue weighted by atomic mass is 9.86. The van der Waals surface area contributed by atoms with E-state index in [1.54, 1.807) is 0 Å². The highest BCUT2D eigenvalue weighted by Gasteiger charge is 2.21. The quantitative estimate of drug-likeness (QED) is 0.825. The number of fused-ring (bicyclic) bond motifs is 1. The molecule has 1 N–H and O–H groups in total. The summed E-state index contributed by atoms with van der Waals surface area (Å²) in [6.07, 6.45) is 1.11. The summed E-state index contributed by atoms with van der Waals surface area (Å²) in [7, 11) is 0. The molecule has 0 aromatic heterocycles. The van der Waals surface area contributed by atoms with E-state index < -0.39 is 0 Å². The van der Waals surface area contributed by atoms with Crippen LogP contribution in [0.3, 0.4) is 0 Å². The van der Waals surface area contributed by atoms with Crippen molar-refractivity contribution in [3.05, 3.63) is 29.3 Å².